The van der Waals surface area contributed by atoms with Crippen molar-refractivity contribution < 1.29 is 14.6 Å². The molecule has 20 heavy (non-hydrogen) atoms. The standard InChI is InChI=1S/C14H30N2O3S/c1-13(2)19-8-7-18-12-14(17)11-15-3-4-16-5-9-20-10-6-16/h13-15,17H,3-12H2,1-2H3. The minimum Gasteiger partial charge on any atom is -0.389 e. The molecule has 2 N–H and O–H groups in total. The molecule has 0 radical (unpaired) electrons. The first kappa shape index (κ1) is 18.2. The zero-order valence-electron chi connectivity index (χ0n) is 12.8. The second-order valence-electron chi connectivity index (χ2n) is 5.31. The van der Waals surface area contributed by atoms with Crippen LogP contribution in [-0.4, -0.2) is 86.3 Å². The SMILES string of the molecule is CC(C)OCCOCC(O)CNCCN1CCSCC1. The van der Waals surface area contributed by atoms with Crippen LogP contribution in [0.1, 0.15) is 13.8 Å². The molecule has 1 rings (SSSR count). The minimum absolute atomic E-state index is 0.235. The maximum absolute atomic E-state index is 9.75. The Kier molecular flexibility index (Phi) is 10.7. The molecule has 1 atom stereocenters. The van der Waals surface area contributed by atoms with E-state index in [1.807, 2.05) is 25.6 Å². The predicted octanol–water partition coefficient (Wildman–Crippen LogP) is 0.427. The van der Waals surface area contributed by atoms with Crippen LogP contribution in [0.5, 0.6) is 0 Å². The number of aliphatic hydroxyl groups excluding tert-OH is 1. The summed E-state index contributed by atoms with van der Waals surface area (Å²) in [7, 11) is 0. The van der Waals surface area contributed by atoms with Gasteiger partial charge in [-0.05, 0) is 13.8 Å². The molecule has 0 aromatic heterocycles. The summed E-state index contributed by atoms with van der Waals surface area (Å²) in [5.41, 5.74) is 0. The number of nitrogens with zero attached hydrogens (tertiary/aromatic N) is 1. The maximum atomic E-state index is 9.75. The lowest BCUT2D eigenvalue weighted by molar-refractivity contribution is -0.00998. The summed E-state index contributed by atoms with van der Waals surface area (Å²) in [6.07, 6.45) is -0.204. The highest BCUT2D eigenvalue weighted by molar-refractivity contribution is 7.99. The van der Waals surface area contributed by atoms with Crippen LogP contribution in [0.15, 0.2) is 0 Å². The molecule has 1 aliphatic rings. The number of thioether (sulfide) groups is 1. The van der Waals surface area contributed by atoms with Crippen molar-refractivity contribution in [1.82, 2.24) is 10.2 Å². The van der Waals surface area contributed by atoms with Crippen LogP contribution in [0.2, 0.25) is 0 Å². The Labute approximate surface area is 127 Å². The lowest BCUT2D eigenvalue weighted by atomic mass is 10.3. The monoisotopic (exact) mass is 306 g/mol. The Morgan fingerprint density at radius 3 is 2.70 bits per heavy atom. The molecule has 1 saturated heterocycles. The first-order valence-electron chi connectivity index (χ1n) is 7.56. The third-order valence-corrected chi connectivity index (χ3v) is 4.02. The number of nitrogens with one attached hydrogen (secondary N) is 1. The Morgan fingerprint density at radius 1 is 1.25 bits per heavy atom. The molecular weight excluding hydrogens is 276 g/mol. The molecule has 1 aliphatic heterocycles. The number of hydrogen-bond acceptors (Lipinski definition) is 6. The van der Waals surface area contributed by atoms with E-state index >= 15 is 0 Å². The average Bonchev–Trinajstić information content (AvgIpc) is 2.44. The Bertz CT molecular complexity index is 226. The number of aliphatic hydroxyl groups is 1. The summed E-state index contributed by atoms with van der Waals surface area (Å²) in [6, 6.07) is 0. The first-order valence-corrected chi connectivity index (χ1v) is 8.72. The second kappa shape index (κ2) is 11.8. The maximum Gasteiger partial charge on any atom is 0.0897 e. The lowest BCUT2D eigenvalue weighted by Gasteiger charge is -2.26. The quantitative estimate of drug-likeness (QED) is 0.540. The van der Waals surface area contributed by atoms with Crippen LogP contribution in [0.4, 0.5) is 0 Å². The summed E-state index contributed by atoms with van der Waals surface area (Å²) in [5, 5.41) is 13.0. The van der Waals surface area contributed by atoms with E-state index in [1.165, 1.54) is 24.6 Å². The van der Waals surface area contributed by atoms with Crippen LogP contribution >= 0.6 is 11.8 Å². The van der Waals surface area contributed by atoms with Crippen LogP contribution in [0.3, 0.4) is 0 Å². The van der Waals surface area contributed by atoms with Gasteiger partial charge >= 0.3 is 0 Å². The van der Waals surface area contributed by atoms with E-state index in [9.17, 15) is 5.11 Å². The van der Waals surface area contributed by atoms with Crippen molar-refractivity contribution >= 4 is 11.8 Å². The lowest BCUT2D eigenvalue weighted by Crippen LogP contribution is -2.40. The number of hydrogen-bond donors (Lipinski definition) is 2. The average molecular weight is 306 g/mol. The fraction of sp³-hybridized carbons (Fsp3) is 1.00. The third kappa shape index (κ3) is 9.96. The number of ether oxygens (including phenoxy) is 2. The highest BCUT2D eigenvalue weighted by Crippen LogP contribution is 2.07. The van der Waals surface area contributed by atoms with Gasteiger partial charge < -0.3 is 24.8 Å². The molecule has 1 unspecified atom stereocenters. The van der Waals surface area contributed by atoms with Crippen LogP contribution in [-0.2, 0) is 9.47 Å². The summed E-state index contributed by atoms with van der Waals surface area (Å²) >= 11 is 2.03. The molecule has 0 aliphatic carbocycles. The van der Waals surface area contributed by atoms with Crippen molar-refractivity contribution in [2.75, 3.05) is 64.1 Å². The Balaban J connectivity index is 1.85. The molecule has 0 saturated carbocycles. The normalized spacial score (nSPS) is 18.6. The van der Waals surface area contributed by atoms with E-state index in [0.29, 0.717) is 26.4 Å². The van der Waals surface area contributed by atoms with E-state index in [0.717, 1.165) is 13.1 Å². The molecule has 1 heterocycles. The van der Waals surface area contributed by atoms with Gasteiger partial charge in [0.25, 0.3) is 0 Å². The number of rotatable bonds is 11. The smallest absolute Gasteiger partial charge is 0.0897 e. The van der Waals surface area contributed by atoms with Gasteiger partial charge in [-0.2, -0.15) is 11.8 Å². The zero-order valence-corrected chi connectivity index (χ0v) is 13.7. The fourth-order valence-electron chi connectivity index (χ4n) is 1.95. The van der Waals surface area contributed by atoms with Gasteiger partial charge in [0.15, 0.2) is 0 Å². The van der Waals surface area contributed by atoms with Crippen LogP contribution < -0.4 is 5.32 Å². The Morgan fingerprint density at radius 2 is 2.00 bits per heavy atom. The van der Waals surface area contributed by atoms with E-state index in [1.54, 1.807) is 0 Å². The zero-order chi connectivity index (χ0) is 14.6. The third-order valence-electron chi connectivity index (χ3n) is 3.08. The predicted molar refractivity (Wildman–Crippen MR) is 84.5 cm³/mol. The van der Waals surface area contributed by atoms with Crippen LogP contribution in [0, 0.1) is 0 Å². The van der Waals surface area contributed by atoms with E-state index in [4.69, 9.17) is 9.47 Å². The van der Waals surface area contributed by atoms with Crippen molar-refractivity contribution in [1.29, 1.82) is 0 Å². The molecule has 0 bridgehead atoms. The summed E-state index contributed by atoms with van der Waals surface area (Å²) in [5.74, 6) is 2.49. The van der Waals surface area contributed by atoms with Crippen molar-refractivity contribution in [2.24, 2.45) is 0 Å². The van der Waals surface area contributed by atoms with Gasteiger partial charge in [0.2, 0.25) is 0 Å². The molecule has 0 amide bonds. The summed E-state index contributed by atoms with van der Waals surface area (Å²) in [6.45, 7) is 10.5. The van der Waals surface area contributed by atoms with Crippen molar-refractivity contribution in [3.63, 3.8) is 0 Å². The molecule has 0 spiro atoms. The molecule has 120 valence electrons. The van der Waals surface area contributed by atoms with Gasteiger partial charge in [0.05, 0.1) is 32.0 Å². The van der Waals surface area contributed by atoms with Crippen molar-refractivity contribution in [3.05, 3.63) is 0 Å². The van der Waals surface area contributed by atoms with E-state index in [2.05, 4.69) is 10.2 Å². The van der Waals surface area contributed by atoms with E-state index < -0.39 is 6.10 Å². The first-order chi connectivity index (χ1) is 9.68. The molecule has 0 aromatic carbocycles. The van der Waals surface area contributed by atoms with Gasteiger partial charge in [-0.15, -0.1) is 0 Å². The molecular formula is C14H30N2O3S. The fourth-order valence-corrected chi connectivity index (χ4v) is 2.93. The summed E-state index contributed by atoms with van der Waals surface area (Å²) < 4.78 is 10.7. The van der Waals surface area contributed by atoms with Gasteiger partial charge in [0.1, 0.15) is 0 Å². The topological polar surface area (TPSA) is 54.0 Å². The van der Waals surface area contributed by atoms with Gasteiger partial charge in [-0.3, -0.25) is 0 Å². The molecule has 0 aromatic rings. The van der Waals surface area contributed by atoms with E-state index in [-0.39, 0.29) is 6.10 Å². The largest absolute Gasteiger partial charge is 0.389 e. The molecule has 1 fully saturated rings. The highest BCUT2D eigenvalue weighted by Gasteiger charge is 2.09. The van der Waals surface area contributed by atoms with Gasteiger partial charge in [-0.1, -0.05) is 0 Å². The molecule has 5 nitrogen and oxygen atoms in total. The minimum atomic E-state index is -0.439. The summed E-state index contributed by atoms with van der Waals surface area (Å²) in [4.78, 5) is 2.47. The van der Waals surface area contributed by atoms with Crippen molar-refractivity contribution in [2.45, 2.75) is 26.1 Å². The van der Waals surface area contributed by atoms with Crippen LogP contribution in [0.25, 0.3) is 0 Å². The highest BCUT2D eigenvalue weighted by atomic mass is 32.2. The Hall–Kier alpha value is 0.150. The van der Waals surface area contributed by atoms with Gasteiger partial charge in [-0.25, -0.2) is 0 Å². The second-order valence-corrected chi connectivity index (χ2v) is 6.53. The molecule has 6 heteroatoms. The van der Waals surface area contributed by atoms with Gasteiger partial charge in [0, 0.05) is 44.2 Å². The van der Waals surface area contributed by atoms with Crippen molar-refractivity contribution in [3.8, 4) is 0 Å².